The van der Waals surface area contributed by atoms with Gasteiger partial charge in [-0.25, -0.2) is 4.79 Å². The van der Waals surface area contributed by atoms with Crippen LogP contribution in [0.1, 0.15) is 20.8 Å². The molecule has 1 atom stereocenters. The molecule has 0 aromatic heterocycles. The van der Waals surface area contributed by atoms with Gasteiger partial charge in [-0.15, -0.1) is 0 Å². The number of carboxylic acids is 1. The Labute approximate surface area is 120 Å². The van der Waals surface area contributed by atoms with E-state index in [0.717, 1.165) is 0 Å². The van der Waals surface area contributed by atoms with E-state index in [2.05, 4.69) is 6.07 Å². The van der Waals surface area contributed by atoms with Crippen molar-refractivity contribution in [1.82, 2.24) is 4.90 Å². The second kappa shape index (κ2) is 6.76. The Morgan fingerprint density at radius 1 is 1.33 bits per heavy atom. The summed E-state index contributed by atoms with van der Waals surface area (Å²) in [6.07, 6.45) is -5.08. The van der Waals surface area contributed by atoms with Crippen molar-refractivity contribution in [3.05, 3.63) is 0 Å². The van der Waals surface area contributed by atoms with Gasteiger partial charge in [-0.3, -0.25) is 4.79 Å². The largest absolute Gasteiger partial charge is 0.490 e. The Balaban J connectivity index is 0.000000486. The highest BCUT2D eigenvalue weighted by Crippen LogP contribution is 2.22. The number of hydrogen-bond acceptors (Lipinski definition) is 4. The van der Waals surface area contributed by atoms with Gasteiger partial charge in [0.05, 0.1) is 18.0 Å². The highest BCUT2D eigenvalue weighted by atomic mass is 19.4. The molecule has 9 heteroatoms. The smallest absolute Gasteiger partial charge is 0.475 e. The van der Waals surface area contributed by atoms with Crippen LogP contribution >= 0.6 is 0 Å². The average molecular weight is 309 g/mol. The second-order valence-electron chi connectivity index (χ2n) is 5.72. The molecule has 0 saturated carbocycles. The van der Waals surface area contributed by atoms with Gasteiger partial charge in [-0.2, -0.15) is 18.4 Å². The number of nitriles is 1. The van der Waals surface area contributed by atoms with E-state index >= 15 is 0 Å². The molecule has 1 amide bonds. The number of carbonyl (C=O) groups is 2. The first kappa shape index (κ1) is 19.2. The molecule has 0 unspecified atom stereocenters. The molecule has 1 saturated heterocycles. The molecule has 0 aliphatic carbocycles. The summed E-state index contributed by atoms with van der Waals surface area (Å²) in [5.41, 5.74) is 5.60. The third-order valence-electron chi connectivity index (χ3n) is 2.82. The summed E-state index contributed by atoms with van der Waals surface area (Å²) in [6, 6.07) is 1.66. The molecule has 6 nitrogen and oxygen atoms in total. The van der Waals surface area contributed by atoms with Gasteiger partial charge in [-0.1, -0.05) is 20.8 Å². The van der Waals surface area contributed by atoms with E-state index < -0.39 is 18.2 Å². The Morgan fingerprint density at radius 3 is 1.95 bits per heavy atom. The van der Waals surface area contributed by atoms with Crippen LogP contribution in [0.2, 0.25) is 0 Å². The first-order valence-electron chi connectivity index (χ1n) is 6.04. The SMILES string of the molecule is CC(C)(C)[C@@H](N)C(=O)N1CC(C#N)C1.O=C(O)C(F)(F)F. The number of nitrogens with two attached hydrogens (primary N) is 1. The first-order chi connectivity index (χ1) is 9.30. The molecule has 0 aromatic carbocycles. The van der Waals surface area contributed by atoms with Gasteiger partial charge in [0.25, 0.3) is 0 Å². The number of likely N-dealkylation sites (tertiary alicyclic amines) is 1. The van der Waals surface area contributed by atoms with Crippen molar-refractivity contribution in [2.45, 2.75) is 33.0 Å². The van der Waals surface area contributed by atoms with Crippen LogP contribution < -0.4 is 5.73 Å². The Kier molecular flexibility index (Phi) is 6.17. The molecular formula is C12H18F3N3O3. The topological polar surface area (TPSA) is 107 Å². The van der Waals surface area contributed by atoms with Crippen LogP contribution in [0.25, 0.3) is 0 Å². The average Bonchev–Trinajstić information content (AvgIpc) is 2.24. The number of amides is 1. The zero-order chi connectivity index (χ0) is 17.0. The summed E-state index contributed by atoms with van der Waals surface area (Å²) in [4.78, 5) is 22.3. The predicted molar refractivity (Wildman–Crippen MR) is 66.8 cm³/mol. The fourth-order valence-electron chi connectivity index (χ4n) is 1.31. The predicted octanol–water partition coefficient (Wildman–Crippen LogP) is 0.975. The third-order valence-corrected chi connectivity index (χ3v) is 2.82. The van der Waals surface area contributed by atoms with Crippen molar-refractivity contribution in [1.29, 1.82) is 5.26 Å². The van der Waals surface area contributed by atoms with Gasteiger partial charge in [-0.05, 0) is 5.41 Å². The molecule has 0 aromatic rings. The molecule has 0 bridgehead atoms. The van der Waals surface area contributed by atoms with Crippen molar-refractivity contribution in [3.63, 3.8) is 0 Å². The van der Waals surface area contributed by atoms with Crippen LogP contribution in [0.5, 0.6) is 0 Å². The molecule has 1 rings (SSSR count). The Morgan fingerprint density at radius 2 is 1.71 bits per heavy atom. The molecule has 120 valence electrons. The maximum atomic E-state index is 11.7. The van der Waals surface area contributed by atoms with Crippen LogP contribution in [0, 0.1) is 22.7 Å². The van der Waals surface area contributed by atoms with E-state index in [-0.39, 0.29) is 17.2 Å². The summed E-state index contributed by atoms with van der Waals surface area (Å²) in [6.45, 7) is 6.91. The van der Waals surface area contributed by atoms with Gasteiger partial charge in [0.2, 0.25) is 5.91 Å². The van der Waals surface area contributed by atoms with Crippen LogP contribution in [0.15, 0.2) is 0 Å². The fourth-order valence-corrected chi connectivity index (χ4v) is 1.31. The lowest BCUT2D eigenvalue weighted by molar-refractivity contribution is -0.192. The molecule has 21 heavy (non-hydrogen) atoms. The molecule has 1 heterocycles. The third kappa shape index (κ3) is 5.99. The summed E-state index contributed by atoms with van der Waals surface area (Å²) in [5, 5.41) is 15.7. The highest BCUT2D eigenvalue weighted by Gasteiger charge is 2.38. The number of aliphatic carboxylic acids is 1. The van der Waals surface area contributed by atoms with E-state index in [1.807, 2.05) is 20.8 Å². The minimum Gasteiger partial charge on any atom is -0.475 e. The molecule has 0 radical (unpaired) electrons. The summed E-state index contributed by atoms with van der Waals surface area (Å²) >= 11 is 0. The van der Waals surface area contributed by atoms with E-state index in [1.54, 1.807) is 4.90 Å². The maximum absolute atomic E-state index is 11.7. The number of carboxylic acid groups (broad SMARTS) is 1. The highest BCUT2D eigenvalue weighted by molar-refractivity contribution is 5.83. The summed E-state index contributed by atoms with van der Waals surface area (Å²) in [5.74, 6) is -2.79. The van der Waals surface area contributed by atoms with Crippen molar-refractivity contribution in [3.8, 4) is 6.07 Å². The lowest BCUT2D eigenvalue weighted by Crippen LogP contribution is -2.57. The molecule has 1 aliphatic rings. The van der Waals surface area contributed by atoms with Gasteiger partial charge < -0.3 is 15.7 Å². The molecule has 1 aliphatic heterocycles. The van der Waals surface area contributed by atoms with Crippen LogP contribution in [-0.2, 0) is 9.59 Å². The quantitative estimate of drug-likeness (QED) is 0.750. The minimum atomic E-state index is -5.08. The van der Waals surface area contributed by atoms with E-state index in [0.29, 0.717) is 13.1 Å². The van der Waals surface area contributed by atoms with Crippen LogP contribution in [0.3, 0.4) is 0 Å². The van der Waals surface area contributed by atoms with Crippen LogP contribution in [-0.4, -0.2) is 47.2 Å². The van der Waals surface area contributed by atoms with Gasteiger partial charge in [0.15, 0.2) is 0 Å². The van der Waals surface area contributed by atoms with E-state index in [4.69, 9.17) is 20.9 Å². The van der Waals surface area contributed by atoms with Gasteiger partial charge in [0.1, 0.15) is 0 Å². The summed E-state index contributed by atoms with van der Waals surface area (Å²) < 4.78 is 31.7. The zero-order valence-electron chi connectivity index (χ0n) is 11.9. The summed E-state index contributed by atoms with van der Waals surface area (Å²) in [7, 11) is 0. The Bertz CT molecular complexity index is 432. The van der Waals surface area contributed by atoms with Crippen LogP contribution in [0.4, 0.5) is 13.2 Å². The monoisotopic (exact) mass is 309 g/mol. The van der Waals surface area contributed by atoms with E-state index in [1.165, 1.54) is 0 Å². The van der Waals surface area contributed by atoms with Crippen molar-refractivity contribution in [2.24, 2.45) is 17.1 Å². The standard InChI is InChI=1S/C10H17N3O.C2HF3O2/c1-10(2,3)8(12)9(14)13-5-7(4-11)6-13;3-2(4,5)1(6)7/h7-8H,5-6,12H2,1-3H3;(H,6,7)/t8-;/m0./s1. The van der Waals surface area contributed by atoms with E-state index in [9.17, 15) is 18.0 Å². The lowest BCUT2D eigenvalue weighted by Gasteiger charge is -2.39. The van der Waals surface area contributed by atoms with Gasteiger partial charge >= 0.3 is 12.1 Å². The normalized spacial score (nSPS) is 17.0. The van der Waals surface area contributed by atoms with Crippen molar-refractivity contribution < 1.29 is 27.9 Å². The number of alkyl halides is 3. The van der Waals surface area contributed by atoms with Crippen molar-refractivity contribution >= 4 is 11.9 Å². The number of hydrogen-bond donors (Lipinski definition) is 2. The van der Waals surface area contributed by atoms with Crippen molar-refractivity contribution in [2.75, 3.05) is 13.1 Å². The first-order valence-corrected chi connectivity index (χ1v) is 6.04. The minimum absolute atomic E-state index is 0.00567. The second-order valence-corrected chi connectivity index (χ2v) is 5.72. The lowest BCUT2D eigenvalue weighted by atomic mass is 9.85. The molecule has 0 spiro atoms. The fraction of sp³-hybridized carbons (Fsp3) is 0.750. The number of halogens is 3. The molecule has 1 fully saturated rings. The Hall–Kier alpha value is -1.82. The molecular weight excluding hydrogens is 291 g/mol. The number of carbonyl (C=O) groups excluding carboxylic acids is 1. The zero-order valence-corrected chi connectivity index (χ0v) is 11.9. The number of rotatable bonds is 1. The maximum Gasteiger partial charge on any atom is 0.490 e. The van der Waals surface area contributed by atoms with Gasteiger partial charge in [0, 0.05) is 13.1 Å². The molecule has 3 N–H and O–H groups in total. The number of nitrogens with zero attached hydrogens (tertiary/aromatic N) is 2.